The van der Waals surface area contributed by atoms with Crippen molar-refractivity contribution in [2.75, 3.05) is 5.33 Å². The van der Waals surface area contributed by atoms with E-state index >= 15 is 0 Å². The van der Waals surface area contributed by atoms with Gasteiger partial charge in [-0.3, -0.25) is 0 Å². The van der Waals surface area contributed by atoms with Crippen molar-refractivity contribution in [3.63, 3.8) is 0 Å². The van der Waals surface area contributed by atoms with E-state index in [1.807, 2.05) is 0 Å². The number of hydrogen-bond donors (Lipinski definition) is 0. The molecule has 0 aliphatic heterocycles. The molecule has 14 heavy (non-hydrogen) atoms. The lowest BCUT2D eigenvalue weighted by Gasteiger charge is -2.04. The molecule has 1 aromatic carbocycles. The molecule has 1 heteroatoms. The topological polar surface area (TPSA) is 0 Å². The van der Waals surface area contributed by atoms with Crippen LogP contribution in [0.2, 0.25) is 0 Å². The molecule has 1 rings (SSSR count). The average Bonchev–Trinajstić information content (AvgIpc) is 2.16. The highest BCUT2D eigenvalue weighted by Crippen LogP contribution is 2.10. The fraction of sp³-hybridized carbons (Fsp3) is 0.385. The fourth-order valence-corrected chi connectivity index (χ4v) is 1.60. The van der Waals surface area contributed by atoms with Gasteiger partial charge in [0.2, 0.25) is 0 Å². The molecule has 0 aliphatic rings. The van der Waals surface area contributed by atoms with Crippen LogP contribution in [0.25, 0.3) is 6.08 Å². The molecular weight excluding hydrogens is 236 g/mol. The van der Waals surface area contributed by atoms with Crippen LogP contribution in [0.3, 0.4) is 0 Å². The average molecular weight is 253 g/mol. The Morgan fingerprint density at radius 1 is 1.21 bits per heavy atom. The standard InChI is InChI=1S/C13H17Br/c1-11(2)10-13-7-5-12(6-8-13)4-3-9-14/h3-8,11H,9-10H2,1-2H3. The second-order valence-electron chi connectivity index (χ2n) is 3.90. The first-order valence-electron chi connectivity index (χ1n) is 5.04. The van der Waals surface area contributed by atoms with Crippen LogP contribution < -0.4 is 0 Å². The Labute approximate surface area is 95.2 Å². The van der Waals surface area contributed by atoms with E-state index in [9.17, 15) is 0 Å². The summed E-state index contributed by atoms with van der Waals surface area (Å²) < 4.78 is 0. The number of alkyl halides is 1. The molecule has 0 aromatic heterocycles. The second-order valence-corrected chi connectivity index (χ2v) is 4.54. The van der Waals surface area contributed by atoms with Crippen molar-refractivity contribution in [3.05, 3.63) is 41.5 Å². The molecule has 1 aromatic rings. The Bertz CT molecular complexity index is 283. The third kappa shape index (κ3) is 4.10. The van der Waals surface area contributed by atoms with Crippen LogP contribution >= 0.6 is 15.9 Å². The van der Waals surface area contributed by atoms with E-state index in [2.05, 4.69) is 66.2 Å². The van der Waals surface area contributed by atoms with Crippen molar-refractivity contribution in [1.82, 2.24) is 0 Å². The number of rotatable bonds is 4. The Balaban J connectivity index is 2.64. The zero-order valence-electron chi connectivity index (χ0n) is 8.83. The van der Waals surface area contributed by atoms with Gasteiger partial charge in [0.15, 0.2) is 0 Å². The maximum absolute atomic E-state index is 3.37. The summed E-state index contributed by atoms with van der Waals surface area (Å²) in [7, 11) is 0. The van der Waals surface area contributed by atoms with Crippen LogP contribution in [-0.4, -0.2) is 5.33 Å². The molecule has 0 bridgehead atoms. The summed E-state index contributed by atoms with van der Waals surface area (Å²) in [6.45, 7) is 4.50. The van der Waals surface area contributed by atoms with Crippen molar-refractivity contribution in [2.45, 2.75) is 20.3 Å². The largest absolute Gasteiger partial charge is 0.0883 e. The van der Waals surface area contributed by atoms with Gasteiger partial charge in [-0.2, -0.15) is 0 Å². The van der Waals surface area contributed by atoms with Gasteiger partial charge in [-0.1, -0.05) is 66.2 Å². The summed E-state index contributed by atoms with van der Waals surface area (Å²) >= 11 is 3.37. The van der Waals surface area contributed by atoms with Gasteiger partial charge in [0.05, 0.1) is 0 Å². The first-order chi connectivity index (χ1) is 6.72. The van der Waals surface area contributed by atoms with Crippen molar-refractivity contribution in [2.24, 2.45) is 5.92 Å². The van der Waals surface area contributed by atoms with E-state index < -0.39 is 0 Å². The molecule has 0 heterocycles. The van der Waals surface area contributed by atoms with E-state index in [0.29, 0.717) is 0 Å². The lowest BCUT2D eigenvalue weighted by Crippen LogP contribution is -1.93. The molecule has 76 valence electrons. The third-order valence-electron chi connectivity index (χ3n) is 2.02. The highest BCUT2D eigenvalue weighted by Gasteiger charge is 1.96. The van der Waals surface area contributed by atoms with Crippen molar-refractivity contribution >= 4 is 22.0 Å². The minimum absolute atomic E-state index is 0.735. The van der Waals surface area contributed by atoms with Crippen LogP contribution in [0, 0.1) is 5.92 Å². The van der Waals surface area contributed by atoms with E-state index in [1.54, 1.807) is 0 Å². The molecule has 0 unspecified atom stereocenters. The van der Waals surface area contributed by atoms with Gasteiger partial charge in [-0.05, 0) is 23.5 Å². The Hall–Kier alpha value is -0.560. The molecule has 0 amide bonds. The zero-order valence-corrected chi connectivity index (χ0v) is 10.4. The summed E-state index contributed by atoms with van der Waals surface area (Å²) in [4.78, 5) is 0. The summed E-state index contributed by atoms with van der Waals surface area (Å²) in [5.74, 6) is 0.735. The smallest absolute Gasteiger partial charge is 0.0215 e. The SMILES string of the molecule is CC(C)Cc1ccc(C=CCBr)cc1. The molecule has 0 nitrogen and oxygen atoms in total. The molecule has 0 saturated heterocycles. The van der Waals surface area contributed by atoms with Crippen LogP contribution in [0.5, 0.6) is 0 Å². The maximum Gasteiger partial charge on any atom is 0.0215 e. The summed E-state index contributed by atoms with van der Waals surface area (Å²) in [5.41, 5.74) is 2.70. The molecule has 0 atom stereocenters. The predicted molar refractivity (Wildman–Crippen MR) is 67.8 cm³/mol. The van der Waals surface area contributed by atoms with Crippen molar-refractivity contribution in [3.8, 4) is 0 Å². The van der Waals surface area contributed by atoms with Gasteiger partial charge in [0.25, 0.3) is 0 Å². The Morgan fingerprint density at radius 2 is 1.86 bits per heavy atom. The van der Waals surface area contributed by atoms with Crippen LogP contribution in [0.4, 0.5) is 0 Å². The lowest BCUT2D eigenvalue weighted by molar-refractivity contribution is 0.647. The quantitative estimate of drug-likeness (QED) is 0.702. The summed E-state index contributed by atoms with van der Waals surface area (Å²) in [6.07, 6.45) is 5.41. The zero-order chi connectivity index (χ0) is 10.4. The van der Waals surface area contributed by atoms with E-state index in [-0.39, 0.29) is 0 Å². The molecular formula is C13H17Br. The van der Waals surface area contributed by atoms with Crippen molar-refractivity contribution in [1.29, 1.82) is 0 Å². The monoisotopic (exact) mass is 252 g/mol. The van der Waals surface area contributed by atoms with Gasteiger partial charge < -0.3 is 0 Å². The molecule has 0 fully saturated rings. The molecule has 0 saturated carbocycles. The highest BCUT2D eigenvalue weighted by atomic mass is 79.9. The van der Waals surface area contributed by atoms with Gasteiger partial charge in [-0.25, -0.2) is 0 Å². The lowest BCUT2D eigenvalue weighted by atomic mass is 10.0. The van der Waals surface area contributed by atoms with E-state index in [4.69, 9.17) is 0 Å². The van der Waals surface area contributed by atoms with E-state index in [0.717, 1.165) is 11.2 Å². The van der Waals surface area contributed by atoms with Crippen LogP contribution in [0.15, 0.2) is 30.3 Å². The minimum atomic E-state index is 0.735. The summed E-state index contributed by atoms with van der Waals surface area (Å²) in [6, 6.07) is 8.79. The van der Waals surface area contributed by atoms with Gasteiger partial charge >= 0.3 is 0 Å². The normalized spacial score (nSPS) is 11.4. The highest BCUT2D eigenvalue weighted by molar-refractivity contribution is 9.09. The number of hydrogen-bond acceptors (Lipinski definition) is 0. The van der Waals surface area contributed by atoms with Gasteiger partial charge in [-0.15, -0.1) is 0 Å². The third-order valence-corrected chi connectivity index (χ3v) is 2.40. The minimum Gasteiger partial charge on any atom is -0.0883 e. The maximum atomic E-state index is 3.37. The predicted octanol–water partition coefficient (Wildman–Crippen LogP) is 4.29. The molecule has 0 spiro atoms. The first kappa shape index (κ1) is 11.5. The molecule has 0 aliphatic carbocycles. The number of allylic oxidation sites excluding steroid dienone is 1. The molecule has 0 radical (unpaired) electrons. The Kier molecular flexibility index (Phi) is 4.95. The van der Waals surface area contributed by atoms with E-state index in [1.165, 1.54) is 17.5 Å². The van der Waals surface area contributed by atoms with Crippen LogP contribution in [-0.2, 0) is 6.42 Å². The first-order valence-corrected chi connectivity index (χ1v) is 6.16. The Morgan fingerprint density at radius 3 is 2.36 bits per heavy atom. The number of benzene rings is 1. The van der Waals surface area contributed by atoms with Gasteiger partial charge in [0, 0.05) is 5.33 Å². The fourth-order valence-electron chi connectivity index (χ4n) is 1.42. The van der Waals surface area contributed by atoms with Gasteiger partial charge in [0.1, 0.15) is 0 Å². The summed E-state index contributed by atoms with van der Waals surface area (Å²) in [5, 5.41) is 0.917. The van der Waals surface area contributed by atoms with Crippen molar-refractivity contribution < 1.29 is 0 Å². The van der Waals surface area contributed by atoms with Crippen LogP contribution in [0.1, 0.15) is 25.0 Å². The number of halogens is 1. The second kappa shape index (κ2) is 6.02. The molecule has 0 N–H and O–H groups in total.